The van der Waals surface area contributed by atoms with Gasteiger partial charge in [0.05, 0.1) is 12.9 Å². The zero-order chi connectivity index (χ0) is 21.5. The molecule has 0 radical (unpaired) electrons. The van der Waals surface area contributed by atoms with Crippen molar-refractivity contribution in [1.29, 1.82) is 0 Å². The van der Waals surface area contributed by atoms with E-state index >= 15 is 0 Å². The second-order valence-corrected chi connectivity index (χ2v) is 9.41. The molecule has 3 fully saturated rings. The fourth-order valence-electron chi connectivity index (χ4n) is 4.48. The molecule has 6 atom stereocenters. The zero-order valence-electron chi connectivity index (χ0n) is 17.4. The van der Waals surface area contributed by atoms with E-state index in [9.17, 15) is 5.11 Å². The van der Waals surface area contributed by atoms with E-state index in [2.05, 4.69) is 15.0 Å². The first-order valence-corrected chi connectivity index (χ1v) is 10.2. The van der Waals surface area contributed by atoms with Gasteiger partial charge in [0.25, 0.3) is 0 Å². The van der Waals surface area contributed by atoms with Crippen LogP contribution in [0.4, 0.5) is 0 Å². The molecule has 0 aromatic carbocycles. The van der Waals surface area contributed by atoms with Crippen molar-refractivity contribution in [3.63, 3.8) is 0 Å². The number of imidazole rings is 1. The largest absolute Gasteiger partial charge is 0.383 e. The normalized spacial score (nSPS) is 40.0. The molecule has 3 saturated heterocycles. The fraction of sp³-hybridized carbons (Fsp3) is 0.737. The van der Waals surface area contributed by atoms with E-state index in [4.69, 9.17) is 35.3 Å². The number of aromatic nitrogens is 4. The van der Waals surface area contributed by atoms with E-state index in [1.807, 2.05) is 27.7 Å². The summed E-state index contributed by atoms with van der Waals surface area (Å²) in [5, 5.41) is 12.0. The summed E-state index contributed by atoms with van der Waals surface area (Å²) >= 11 is 6.17. The molecule has 2 aromatic rings. The first-order valence-electron chi connectivity index (χ1n) is 9.87. The molecular weight excluding hydrogens is 416 g/mol. The van der Waals surface area contributed by atoms with Crippen LogP contribution in [0.5, 0.6) is 0 Å². The lowest BCUT2D eigenvalue weighted by Gasteiger charge is -2.42. The maximum atomic E-state index is 11.7. The fourth-order valence-corrected chi connectivity index (χ4v) is 4.65. The van der Waals surface area contributed by atoms with Crippen LogP contribution in [0.3, 0.4) is 0 Å². The van der Waals surface area contributed by atoms with Crippen LogP contribution in [0.1, 0.15) is 40.8 Å². The first kappa shape index (κ1) is 20.5. The summed E-state index contributed by atoms with van der Waals surface area (Å²) in [5.41, 5.74) is -0.669. The SMILES string of the molecule is CC1(C)OC2[C@@H](O1)[C@H]1OC(C)(C)OCC1O[C@@H](n1cnc3c(Cl)ncnc31)C2(C)O. The molecule has 5 heterocycles. The molecule has 11 heteroatoms. The second-order valence-electron chi connectivity index (χ2n) is 9.06. The van der Waals surface area contributed by atoms with Gasteiger partial charge in [0.15, 0.2) is 28.6 Å². The van der Waals surface area contributed by atoms with Crippen molar-refractivity contribution < 1.29 is 28.8 Å². The predicted molar refractivity (Wildman–Crippen MR) is 104 cm³/mol. The zero-order valence-corrected chi connectivity index (χ0v) is 18.2. The minimum Gasteiger partial charge on any atom is -0.383 e. The van der Waals surface area contributed by atoms with Crippen LogP contribution in [0.25, 0.3) is 11.2 Å². The van der Waals surface area contributed by atoms with Crippen LogP contribution >= 0.6 is 11.6 Å². The van der Waals surface area contributed by atoms with E-state index < -0.39 is 47.8 Å². The number of hydrogen-bond acceptors (Lipinski definition) is 9. The lowest BCUT2D eigenvalue weighted by molar-refractivity contribution is -0.334. The van der Waals surface area contributed by atoms with Crippen LogP contribution in [-0.2, 0) is 23.7 Å². The van der Waals surface area contributed by atoms with Crippen molar-refractivity contribution in [1.82, 2.24) is 19.5 Å². The predicted octanol–water partition coefficient (Wildman–Crippen LogP) is 1.80. The van der Waals surface area contributed by atoms with Crippen LogP contribution in [-0.4, -0.2) is 72.8 Å². The lowest BCUT2D eigenvalue weighted by Crippen LogP contribution is -2.56. The molecule has 30 heavy (non-hydrogen) atoms. The Kier molecular flexibility index (Phi) is 4.48. The average molecular weight is 441 g/mol. The first-order chi connectivity index (χ1) is 14.0. The summed E-state index contributed by atoms with van der Waals surface area (Å²) in [6.45, 7) is 9.21. The molecule has 0 amide bonds. The van der Waals surface area contributed by atoms with Gasteiger partial charge in [-0.2, -0.15) is 0 Å². The van der Waals surface area contributed by atoms with E-state index in [0.29, 0.717) is 11.2 Å². The van der Waals surface area contributed by atoms with Gasteiger partial charge in [0, 0.05) is 0 Å². The summed E-state index contributed by atoms with van der Waals surface area (Å²) in [4.78, 5) is 12.6. The summed E-state index contributed by atoms with van der Waals surface area (Å²) in [5.74, 6) is -1.72. The molecule has 5 rings (SSSR count). The number of nitrogens with zero attached hydrogens (tertiary/aromatic N) is 4. The highest BCUT2D eigenvalue weighted by molar-refractivity contribution is 6.33. The van der Waals surface area contributed by atoms with Gasteiger partial charge in [0.2, 0.25) is 0 Å². The average Bonchev–Trinajstić information content (AvgIpc) is 3.20. The number of fused-ring (bicyclic) bond motifs is 4. The molecule has 3 unspecified atom stereocenters. The molecule has 0 aliphatic carbocycles. The highest BCUT2D eigenvalue weighted by Gasteiger charge is 2.62. The quantitative estimate of drug-likeness (QED) is 0.663. The van der Waals surface area contributed by atoms with E-state index in [1.165, 1.54) is 12.7 Å². The third kappa shape index (κ3) is 3.13. The summed E-state index contributed by atoms with van der Waals surface area (Å²) < 4.78 is 32.4. The van der Waals surface area contributed by atoms with Gasteiger partial charge in [-0.25, -0.2) is 15.0 Å². The Balaban J connectivity index is 1.63. The van der Waals surface area contributed by atoms with Crippen molar-refractivity contribution in [3.8, 4) is 0 Å². The van der Waals surface area contributed by atoms with E-state index in [0.717, 1.165) is 0 Å². The van der Waals surface area contributed by atoms with Crippen LogP contribution < -0.4 is 0 Å². The van der Waals surface area contributed by atoms with Crippen LogP contribution in [0, 0.1) is 0 Å². The Morgan fingerprint density at radius 2 is 1.77 bits per heavy atom. The minimum atomic E-state index is -1.52. The highest BCUT2D eigenvalue weighted by atomic mass is 35.5. The molecule has 164 valence electrons. The molecule has 1 N–H and O–H groups in total. The Morgan fingerprint density at radius 3 is 2.53 bits per heavy atom. The molecule has 2 aromatic heterocycles. The molecule has 3 aliphatic heterocycles. The van der Waals surface area contributed by atoms with Gasteiger partial charge < -0.3 is 28.8 Å². The number of rotatable bonds is 1. The number of halogens is 1. The topological polar surface area (TPSA) is 110 Å². The van der Waals surface area contributed by atoms with Gasteiger partial charge in [-0.1, -0.05) is 11.6 Å². The smallest absolute Gasteiger partial charge is 0.168 e. The minimum absolute atomic E-state index is 0.218. The Morgan fingerprint density at radius 1 is 1.03 bits per heavy atom. The summed E-state index contributed by atoms with van der Waals surface area (Å²) in [6.07, 6.45) is -0.385. The van der Waals surface area contributed by atoms with Gasteiger partial charge in [-0.15, -0.1) is 0 Å². The van der Waals surface area contributed by atoms with Crippen molar-refractivity contribution >= 4 is 22.8 Å². The number of hydrogen-bond donors (Lipinski definition) is 1. The molecule has 0 saturated carbocycles. The third-order valence-electron chi connectivity index (χ3n) is 5.78. The van der Waals surface area contributed by atoms with Crippen LogP contribution in [0.2, 0.25) is 5.15 Å². The van der Waals surface area contributed by atoms with Gasteiger partial charge >= 0.3 is 0 Å². The third-order valence-corrected chi connectivity index (χ3v) is 6.06. The molecule has 10 nitrogen and oxygen atoms in total. The van der Waals surface area contributed by atoms with Crippen molar-refractivity contribution in [2.24, 2.45) is 0 Å². The maximum absolute atomic E-state index is 11.7. The van der Waals surface area contributed by atoms with Crippen molar-refractivity contribution in [2.45, 2.75) is 82.4 Å². The van der Waals surface area contributed by atoms with Gasteiger partial charge in [-0.05, 0) is 34.6 Å². The van der Waals surface area contributed by atoms with Crippen LogP contribution in [0.15, 0.2) is 12.7 Å². The van der Waals surface area contributed by atoms with Crippen molar-refractivity contribution in [3.05, 3.63) is 17.8 Å². The Bertz CT molecular complexity index is 979. The highest BCUT2D eigenvalue weighted by Crippen LogP contribution is 2.47. The molecule has 0 bridgehead atoms. The molecular formula is C19H25ClN4O6. The van der Waals surface area contributed by atoms with Crippen molar-refractivity contribution in [2.75, 3.05) is 6.61 Å². The second kappa shape index (κ2) is 6.55. The number of ether oxygens (including phenoxy) is 5. The summed E-state index contributed by atoms with van der Waals surface area (Å²) in [7, 11) is 0. The number of aliphatic hydroxyl groups is 1. The van der Waals surface area contributed by atoms with E-state index in [-0.39, 0.29) is 11.8 Å². The van der Waals surface area contributed by atoms with E-state index in [1.54, 1.807) is 11.5 Å². The van der Waals surface area contributed by atoms with Gasteiger partial charge in [-0.3, -0.25) is 4.57 Å². The Hall–Kier alpha value is -1.40. The lowest BCUT2D eigenvalue weighted by atomic mass is 9.90. The molecule has 0 spiro atoms. The monoisotopic (exact) mass is 440 g/mol. The van der Waals surface area contributed by atoms with Gasteiger partial charge in [0.1, 0.15) is 41.9 Å². The standard InChI is InChI=1S/C19H25ClN4O6/c1-17(2)26-6-9-11(28-17)12-13(30-18(3,4)29-12)19(5,25)16(27-9)24-8-23-10-14(20)21-7-22-15(10)24/h7-9,11-13,16,25H,6H2,1-5H3/t9?,11-,12-,13?,16+,19?/m0/s1. The molecule has 3 aliphatic rings. The maximum Gasteiger partial charge on any atom is 0.168 e. The Labute approximate surface area is 178 Å². The summed E-state index contributed by atoms with van der Waals surface area (Å²) in [6, 6.07) is 0.